The highest BCUT2D eigenvalue weighted by Gasteiger charge is 2.32. The smallest absolute Gasteiger partial charge is 0.326 e. The number of hydrogen-bond acceptors (Lipinski definition) is 6. The molecule has 1 unspecified atom stereocenters. The number of carbonyl (C=O) groups is 2. The number of nitrogens with zero attached hydrogens (tertiary/aromatic N) is 2. The van der Waals surface area contributed by atoms with Crippen LogP contribution in [0.2, 0.25) is 0 Å². The number of nitrogens with one attached hydrogen (secondary N) is 2. The Balaban J connectivity index is 1.34. The van der Waals surface area contributed by atoms with E-state index in [9.17, 15) is 14.7 Å². The van der Waals surface area contributed by atoms with Crippen LogP contribution < -0.4 is 10.6 Å². The van der Waals surface area contributed by atoms with E-state index in [1.165, 1.54) is 5.56 Å². The second kappa shape index (κ2) is 10.8. The van der Waals surface area contributed by atoms with Gasteiger partial charge in [-0.05, 0) is 56.1 Å². The predicted octanol–water partition coefficient (Wildman–Crippen LogP) is 3.07. The van der Waals surface area contributed by atoms with E-state index in [0.29, 0.717) is 5.92 Å². The van der Waals surface area contributed by atoms with Crippen molar-refractivity contribution in [3.8, 4) is 6.07 Å². The molecule has 1 atom stereocenters. The molecular weight excluding hydrogens is 408 g/mol. The van der Waals surface area contributed by atoms with Crippen molar-refractivity contribution in [1.82, 2.24) is 10.3 Å². The van der Waals surface area contributed by atoms with Gasteiger partial charge in [-0.2, -0.15) is 5.26 Å². The van der Waals surface area contributed by atoms with Crippen LogP contribution in [0.3, 0.4) is 0 Å². The Labute approximate surface area is 189 Å². The fourth-order valence-corrected chi connectivity index (χ4v) is 4.15. The second-order valence-electron chi connectivity index (χ2n) is 9.58. The zero-order valence-corrected chi connectivity index (χ0v) is 19.0. The molecule has 0 bridgehead atoms. The van der Waals surface area contributed by atoms with Gasteiger partial charge in [0.1, 0.15) is 11.9 Å². The molecule has 1 aromatic heterocycles. The number of pyridine rings is 1. The lowest BCUT2D eigenvalue weighted by Crippen LogP contribution is -2.47. The summed E-state index contributed by atoms with van der Waals surface area (Å²) in [4.78, 5) is 28.5. The van der Waals surface area contributed by atoms with E-state index >= 15 is 0 Å². The number of hydrogen-bond donors (Lipinski definition) is 3. The number of aliphatic carboxylic acids is 1. The van der Waals surface area contributed by atoms with Crippen LogP contribution in [-0.2, 0) is 27.2 Å². The minimum Gasteiger partial charge on any atom is -0.480 e. The van der Waals surface area contributed by atoms with Crippen LogP contribution in [0.25, 0.3) is 0 Å². The maximum Gasteiger partial charge on any atom is 0.326 e. The van der Waals surface area contributed by atoms with Gasteiger partial charge in [0.2, 0.25) is 5.91 Å². The van der Waals surface area contributed by atoms with Crippen molar-refractivity contribution in [1.29, 1.82) is 5.26 Å². The van der Waals surface area contributed by atoms with Gasteiger partial charge in [0.05, 0.1) is 17.6 Å². The van der Waals surface area contributed by atoms with Gasteiger partial charge in [0, 0.05) is 31.7 Å². The first-order valence-electron chi connectivity index (χ1n) is 11.5. The van der Waals surface area contributed by atoms with Crippen LogP contribution >= 0.6 is 0 Å². The maximum absolute atomic E-state index is 12.3. The highest BCUT2D eigenvalue weighted by molar-refractivity contribution is 5.87. The molecule has 32 heavy (non-hydrogen) atoms. The topological polar surface area (TPSA) is 124 Å². The summed E-state index contributed by atoms with van der Waals surface area (Å²) >= 11 is 0. The van der Waals surface area contributed by atoms with Crippen molar-refractivity contribution < 1.29 is 19.4 Å². The average Bonchev–Trinajstić information content (AvgIpc) is 2.73. The summed E-state index contributed by atoms with van der Waals surface area (Å²) in [5.74, 6) is 0.126. The summed E-state index contributed by atoms with van der Waals surface area (Å²) < 4.78 is 5.84. The molecule has 0 spiro atoms. The number of aromatic nitrogens is 1. The number of nitriles is 1. The molecule has 2 heterocycles. The van der Waals surface area contributed by atoms with Gasteiger partial charge >= 0.3 is 5.97 Å². The largest absolute Gasteiger partial charge is 0.480 e. The van der Waals surface area contributed by atoms with E-state index in [1.807, 2.05) is 6.07 Å². The van der Waals surface area contributed by atoms with Crippen molar-refractivity contribution in [2.24, 2.45) is 11.3 Å². The molecule has 3 rings (SSSR count). The lowest BCUT2D eigenvalue weighted by Gasteiger charge is -2.35. The monoisotopic (exact) mass is 442 g/mol. The average molecular weight is 443 g/mol. The van der Waals surface area contributed by atoms with Crippen LogP contribution in [0.1, 0.15) is 63.6 Å². The molecule has 174 valence electrons. The second-order valence-corrected chi connectivity index (χ2v) is 9.58. The minimum atomic E-state index is -1.09. The molecule has 1 amide bonds. The maximum atomic E-state index is 12.3. The van der Waals surface area contributed by atoms with Gasteiger partial charge in [-0.25, -0.2) is 9.78 Å². The predicted molar refractivity (Wildman–Crippen MR) is 120 cm³/mol. The number of rotatable bonds is 11. The normalized spacial score (nSPS) is 20.8. The van der Waals surface area contributed by atoms with Gasteiger partial charge in [0.25, 0.3) is 0 Å². The Morgan fingerprint density at radius 2 is 2.19 bits per heavy atom. The molecule has 1 aliphatic carbocycles. The molecule has 0 saturated heterocycles. The van der Waals surface area contributed by atoms with Gasteiger partial charge in [0.15, 0.2) is 0 Å². The van der Waals surface area contributed by atoms with Crippen molar-refractivity contribution >= 4 is 17.7 Å². The van der Waals surface area contributed by atoms with E-state index in [4.69, 9.17) is 15.0 Å². The van der Waals surface area contributed by atoms with Crippen molar-refractivity contribution in [3.63, 3.8) is 0 Å². The lowest BCUT2D eigenvalue weighted by molar-refractivity contribution is -0.144. The molecule has 0 aromatic carbocycles. The molecule has 8 heteroatoms. The Hall–Kier alpha value is -2.66. The highest BCUT2D eigenvalue weighted by Crippen LogP contribution is 2.34. The molecule has 1 aromatic rings. The number of fused-ring (bicyclic) bond motifs is 1. The van der Waals surface area contributed by atoms with Crippen molar-refractivity contribution in [2.75, 3.05) is 18.5 Å². The fourth-order valence-electron chi connectivity index (χ4n) is 4.15. The summed E-state index contributed by atoms with van der Waals surface area (Å²) in [5.41, 5.74) is 1.51. The quantitative estimate of drug-likeness (QED) is 0.481. The highest BCUT2D eigenvalue weighted by atomic mass is 16.5. The molecule has 0 radical (unpaired) electrons. The first-order chi connectivity index (χ1) is 15.3. The summed E-state index contributed by atoms with van der Waals surface area (Å²) in [6, 6.07) is 5.27. The van der Waals surface area contributed by atoms with E-state index in [2.05, 4.69) is 22.8 Å². The molecular formula is C24H34N4O4. The summed E-state index contributed by atoms with van der Waals surface area (Å²) in [6.45, 7) is 4.54. The zero-order valence-electron chi connectivity index (χ0n) is 19.0. The number of amides is 1. The number of ether oxygens (including phenoxy) is 1. The van der Waals surface area contributed by atoms with E-state index in [0.717, 1.165) is 56.6 Å². The summed E-state index contributed by atoms with van der Waals surface area (Å²) in [7, 11) is 0. The standard InChI is InChI=1S/C24H34N4O4/c1-24(2,10-11-25)23(31)28-20(22(29)30)9-13-32-19-14-16(15-19)5-7-18-8-6-17-4-3-12-26-21(17)27-18/h6,8,16,19-20H,3-5,7,9-10,12-15H2,1-2H3,(H,26,27)(H,28,31)(H,29,30)/t16-,19-,20?. The van der Waals surface area contributed by atoms with Crippen molar-refractivity contribution in [3.05, 3.63) is 23.4 Å². The summed E-state index contributed by atoms with van der Waals surface area (Å²) in [5, 5.41) is 24.1. The van der Waals surface area contributed by atoms with Gasteiger partial charge < -0.3 is 20.5 Å². The Morgan fingerprint density at radius 3 is 2.91 bits per heavy atom. The third-order valence-corrected chi connectivity index (χ3v) is 6.45. The fraction of sp³-hybridized carbons (Fsp3) is 0.667. The lowest BCUT2D eigenvalue weighted by atomic mass is 9.79. The number of carboxylic acid groups (broad SMARTS) is 1. The Kier molecular flexibility index (Phi) is 8.08. The Bertz CT molecular complexity index is 858. The Morgan fingerprint density at radius 1 is 1.41 bits per heavy atom. The number of carboxylic acids is 1. The zero-order chi connectivity index (χ0) is 23.1. The van der Waals surface area contributed by atoms with Crippen LogP contribution in [0.4, 0.5) is 5.82 Å². The van der Waals surface area contributed by atoms with Crippen LogP contribution in [0.5, 0.6) is 0 Å². The van der Waals surface area contributed by atoms with Crippen LogP contribution in [0, 0.1) is 22.7 Å². The number of anilines is 1. The summed E-state index contributed by atoms with van der Waals surface area (Å²) in [6.07, 6.45) is 6.63. The minimum absolute atomic E-state index is 0.0304. The van der Waals surface area contributed by atoms with Crippen LogP contribution in [0.15, 0.2) is 12.1 Å². The SMILES string of the molecule is CC(C)(CC#N)C(=O)NC(CCO[C@H]1C[C@H](CCc2ccc3c(n2)NCCC3)C1)C(=O)O. The molecule has 1 aliphatic heterocycles. The van der Waals surface area contributed by atoms with Crippen LogP contribution in [-0.4, -0.2) is 47.3 Å². The van der Waals surface area contributed by atoms with Gasteiger partial charge in [-0.1, -0.05) is 19.9 Å². The molecule has 3 N–H and O–H groups in total. The van der Waals surface area contributed by atoms with E-state index in [-0.39, 0.29) is 25.6 Å². The third kappa shape index (κ3) is 6.42. The number of carbonyl (C=O) groups excluding carboxylic acids is 1. The van der Waals surface area contributed by atoms with Gasteiger partial charge in [-0.15, -0.1) is 0 Å². The molecule has 1 fully saturated rings. The first kappa shape index (κ1) is 24.0. The van der Waals surface area contributed by atoms with Gasteiger partial charge in [-0.3, -0.25) is 4.79 Å². The third-order valence-electron chi connectivity index (χ3n) is 6.45. The molecule has 2 aliphatic rings. The number of aryl methyl sites for hydroxylation is 2. The van der Waals surface area contributed by atoms with Crippen molar-refractivity contribution in [2.45, 2.75) is 77.4 Å². The van der Waals surface area contributed by atoms with E-state index < -0.39 is 23.3 Å². The first-order valence-corrected chi connectivity index (χ1v) is 11.5. The molecule has 1 saturated carbocycles. The van der Waals surface area contributed by atoms with E-state index in [1.54, 1.807) is 13.8 Å². The molecule has 8 nitrogen and oxygen atoms in total.